The number of nitrogens with zero attached hydrogens (tertiary/aromatic N) is 1. The highest BCUT2D eigenvalue weighted by Crippen LogP contribution is 2.31. The molecule has 0 radical (unpaired) electrons. The summed E-state index contributed by atoms with van der Waals surface area (Å²) < 4.78 is 91.3. The summed E-state index contributed by atoms with van der Waals surface area (Å²) in [5.74, 6) is 4.24. The summed E-state index contributed by atoms with van der Waals surface area (Å²) in [6, 6.07) is 6.15. The Labute approximate surface area is 190 Å². The van der Waals surface area contributed by atoms with Gasteiger partial charge in [-0.05, 0) is 41.6 Å². The van der Waals surface area contributed by atoms with Crippen molar-refractivity contribution in [2.75, 3.05) is 13.2 Å². The molecule has 174 valence electrons. The Morgan fingerprint density at radius 3 is 2.35 bits per heavy atom. The molecule has 0 bridgehead atoms. The largest absolute Gasteiger partial charge is 0.458 e. The van der Waals surface area contributed by atoms with E-state index in [1.54, 1.807) is 12.1 Å². The summed E-state index contributed by atoms with van der Waals surface area (Å²) in [4.78, 5) is 4.21. The summed E-state index contributed by atoms with van der Waals surface area (Å²) >= 11 is 0. The van der Waals surface area contributed by atoms with E-state index in [2.05, 4.69) is 16.8 Å². The SMILES string of the molecule is CC1COC(C#Cc2ccc(-c3cc(F)c4c(F)c(C#CC(F)(F)F)c(F)cc4c3)nc2)OC1. The normalized spacial score (nSPS) is 18.1. The molecule has 3 nitrogen and oxygen atoms in total. The number of halogens is 6. The van der Waals surface area contributed by atoms with Crippen LogP contribution in [0.4, 0.5) is 26.3 Å². The lowest BCUT2D eigenvalue weighted by atomic mass is 10.0. The lowest BCUT2D eigenvalue weighted by Gasteiger charge is -2.23. The highest BCUT2D eigenvalue weighted by molar-refractivity contribution is 5.89. The van der Waals surface area contributed by atoms with Gasteiger partial charge < -0.3 is 9.47 Å². The van der Waals surface area contributed by atoms with Crippen LogP contribution in [0.25, 0.3) is 22.0 Å². The quantitative estimate of drug-likeness (QED) is 0.340. The zero-order valence-electron chi connectivity index (χ0n) is 17.6. The molecule has 0 atom stereocenters. The topological polar surface area (TPSA) is 31.4 Å². The second-order valence-corrected chi connectivity index (χ2v) is 7.66. The highest BCUT2D eigenvalue weighted by Gasteiger charge is 2.24. The van der Waals surface area contributed by atoms with Crippen LogP contribution in [0, 0.1) is 47.1 Å². The minimum absolute atomic E-state index is 0.186. The molecule has 34 heavy (non-hydrogen) atoms. The lowest BCUT2D eigenvalue weighted by molar-refractivity contribution is -0.165. The first-order chi connectivity index (χ1) is 16.1. The molecule has 0 amide bonds. The number of benzene rings is 2. The van der Waals surface area contributed by atoms with Gasteiger partial charge in [0.2, 0.25) is 6.29 Å². The first-order valence-electron chi connectivity index (χ1n) is 10.0. The molecule has 1 aliphatic rings. The van der Waals surface area contributed by atoms with Crippen molar-refractivity contribution >= 4 is 10.8 Å². The molecular formula is C25H15F6NO2. The molecule has 3 aromatic rings. The Balaban J connectivity index is 1.63. The van der Waals surface area contributed by atoms with Gasteiger partial charge >= 0.3 is 6.18 Å². The van der Waals surface area contributed by atoms with E-state index >= 15 is 0 Å². The molecule has 0 spiro atoms. The predicted molar refractivity (Wildman–Crippen MR) is 112 cm³/mol. The number of hydrogen-bond donors (Lipinski definition) is 0. The number of rotatable bonds is 1. The second-order valence-electron chi connectivity index (χ2n) is 7.66. The Morgan fingerprint density at radius 1 is 0.971 bits per heavy atom. The number of aromatic nitrogens is 1. The molecule has 2 heterocycles. The third kappa shape index (κ3) is 5.33. The Morgan fingerprint density at radius 2 is 1.71 bits per heavy atom. The van der Waals surface area contributed by atoms with Crippen molar-refractivity contribution in [1.82, 2.24) is 4.98 Å². The van der Waals surface area contributed by atoms with Crippen molar-refractivity contribution in [2.24, 2.45) is 5.92 Å². The Bertz CT molecular complexity index is 1350. The molecule has 0 saturated carbocycles. The third-order valence-corrected chi connectivity index (χ3v) is 4.87. The fourth-order valence-electron chi connectivity index (χ4n) is 3.27. The zero-order valence-corrected chi connectivity index (χ0v) is 17.6. The van der Waals surface area contributed by atoms with Gasteiger partial charge in [0.15, 0.2) is 5.82 Å². The fourth-order valence-corrected chi connectivity index (χ4v) is 3.27. The van der Waals surface area contributed by atoms with Crippen molar-refractivity contribution in [2.45, 2.75) is 19.4 Å². The van der Waals surface area contributed by atoms with Crippen molar-refractivity contribution in [1.29, 1.82) is 0 Å². The molecule has 0 aliphatic carbocycles. The predicted octanol–water partition coefficient (Wildman–Crippen LogP) is 5.59. The van der Waals surface area contributed by atoms with E-state index in [9.17, 15) is 26.3 Å². The first kappa shape index (κ1) is 23.6. The molecule has 4 rings (SSSR count). The van der Waals surface area contributed by atoms with E-state index in [0.717, 1.165) is 18.1 Å². The van der Waals surface area contributed by atoms with Crippen LogP contribution in [0.1, 0.15) is 18.1 Å². The van der Waals surface area contributed by atoms with Crippen LogP contribution in [0.3, 0.4) is 0 Å². The van der Waals surface area contributed by atoms with Gasteiger partial charge in [0, 0.05) is 29.2 Å². The molecule has 1 saturated heterocycles. The van der Waals surface area contributed by atoms with Crippen LogP contribution < -0.4 is 0 Å². The molecule has 2 aromatic carbocycles. The minimum atomic E-state index is -4.95. The summed E-state index contributed by atoms with van der Waals surface area (Å²) in [7, 11) is 0. The smallest absolute Gasteiger partial charge is 0.342 e. The summed E-state index contributed by atoms with van der Waals surface area (Å²) in [6.45, 7) is 3.08. The van der Waals surface area contributed by atoms with Gasteiger partial charge in [0.25, 0.3) is 0 Å². The summed E-state index contributed by atoms with van der Waals surface area (Å²) in [5.41, 5.74) is -0.101. The zero-order chi connectivity index (χ0) is 24.5. The third-order valence-electron chi connectivity index (χ3n) is 4.87. The number of ether oxygens (including phenoxy) is 2. The second kappa shape index (κ2) is 9.38. The van der Waals surface area contributed by atoms with Crippen LogP contribution in [0.5, 0.6) is 0 Å². The minimum Gasteiger partial charge on any atom is -0.342 e. The summed E-state index contributed by atoms with van der Waals surface area (Å²) in [6.07, 6.45) is -4.15. The van der Waals surface area contributed by atoms with E-state index in [-0.39, 0.29) is 10.9 Å². The van der Waals surface area contributed by atoms with Crippen molar-refractivity contribution in [3.63, 3.8) is 0 Å². The van der Waals surface area contributed by atoms with Crippen LogP contribution in [0.2, 0.25) is 0 Å². The van der Waals surface area contributed by atoms with Crippen molar-refractivity contribution in [3.05, 3.63) is 65.1 Å². The van der Waals surface area contributed by atoms with Gasteiger partial charge in [-0.3, -0.25) is 4.98 Å². The number of fused-ring (bicyclic) bond motifs is 1. The van der Waals surface area contributed by atoms with E-state index in [1.165, 1.54) is 18.2 Å². The van der Waals surface area contributed by atoms with Gasteiger partial charge in [-0.25, -0.2) is 13.2 Å². The van der Waals surface area contributed by atoms with E-state index in [0.29, 0.717) is 30.4 Å². The molecule has 1 aromatic heterocycles. The van der Waals surface area contributed by atoms with Crippen molar-refractivity contribution < 1.29 is 35.8 Å². The lowest BCUT2D eigenvalue weighted by Crippen LogP contribution is -2.29. The first-order valence-corrected chi connectivity index (χ1v) is 10.0. The maximum Gasteiger partial charge on any atom is 0.458 e. The Kier molecular flexibility index (Phi) is 6.52. The molecule has 0 unspecified atom stereocenters. The molecule has 0 N–H and O–H groups in total. The fraction of sp³-hybridized carbons (Fsp3) is 0.240. The number of alkyl halides is 3. The van der Waals surface area contributed by atoms with Crippen LogP contribution in [-0.4, -0.2) is 30.7 Å². The van der Waals surface area contributed by atoms with Gasteiger partial charge in [0.05, 0.1) is 29.9 Å². The summed E-state index contributed by atoms with van der Waals surface area (Å²) in [5, 5.41) is -0.852. The van der Waals surface area contributed by atoms with Gasteiger partial charge in [-0.15, -0.1) is 0 Å². The van der Waals surface area contributed by atoms with E-state index in [1.807, 2.05) is 6.92 Å². The van der Waals surface area contributed by atoms with Crippen LogP contribution in [-0.2, 0) is 9.47 Å². The van der Waals surface area contributed by atoms with Crippen molar-refractivity contribution in [3.8, 4) is 34.9 Å². The Hall–Kier alpha value is -3.53. The van der Waals surface area contributed by atoms with E-state index < -0.39 is 40.9 Å². The average molecular weight is 475 g/mol. The van der Waals surface area contributed by atoms with Crippen LogP contribution in [0.15, 0.2) is 36.5 Å². The van der Waals surface area contributed by atoms with Crippen LogP contribution >= 0.6 is 0 Å². The maximum atomic E-state index is 14.7. The molecule has 9 heteroatoms. The molecule has 1 fully saturated rings. The number of hydrogen-bond acceptors (Lipinski definition) is 3. The van der Waals surface area contributed by atoms with Gasteiger partial charge in [0.1, 0.15) is 11.6 Å². The monoisotopic (exact) mass is 475 g/mol. The highest BCUT2D eigenvalue weighted by atomic mass is 19.4. The number of pyridine rings is 1. The standard InChI is InChI=1S/C25H15F6NO2/c1-14-12-33-22(34-13-14)5-3-15-2-4-21(32-11-15)16-8-17-10-19(26)18(6-7-25(29,30)31)24(28)23(17)20(27)9-16/h2,4,8-11,14,22H,12-13H2,1H3. The molecule has 1 aliphatic heterocycles. The van der Waals surface area contributed by atoms with E-state index in [4.69, 9.17) is 9.47 Å². The average Bonchev–Trinajstić information content (AvgIpc) is 2.77. The maximum absolute atomic E-state index is 14.7. The molecular weight excluding hydrogens is 460 g/mol. The van der Waals surface area contributed by atoms with Gasteiger partial charge in [-0.1, -0.05) is 18.8 Å². The van der Waals surface area contributed by atoms with Gasteiger partial charge in [-0.2, -0.15) is 13.2 Å².